The Labute approximate surface area is 205 Å². The van der Waals surface area contributed by atoms with Crippen molar-refractivity contribution in [2.75, 3.05) is 0 Å². The van der Waals surface area contributed by atoms with Crippen LogP contribution in [-0.2, 0) is 22.7 Å². The van der Waals surface area contributed by atoms with Gasteiger partial charge in [-0.15, -0.1) is 5.10 Å². The molecule has 3 heterocycles. The van der Waals surface area contributed by atoms with Crippen molar-refractivity contribution in [3.8, 4) is 0 Å². The summed E-state index contributed by atoms with van der Waals surface area (Å²) in [5.41, 5.74) is 3.41. The van der Waals surface area contributed by atoms with E-state index in [9.17, 15) is 14.4 Å². The van der Waals surface area contributed by atoms with Gasteiger partial charge in [-0.25, -0.2) is 9.48 Å². The van der Waals surface area contributed by atoms with Crippen LogP contribution in [0.15, 0.2) is 84.7 Å². The van der Waals surface area contributed by atoms with Crippen LogP contribution < -0.4 is 10.6 Å². The second-order valence-electron chi connectivity index (χ2n) is 8.57. The highest BCUT2D eigenvalue weighted by atomic mass is 16.2. The highest BCUT2D eigenvalue weighted by Crippen LogP contribution is 2.25. The number of nitrogens with zero attached hydrogens (tertiary/aromatic N) is 4. The van der Waals surface area contributed by atoms with E-state index in [0.717, 1.165) is 22.2 Å². The maximum Gasteiger partial charge on any atom is 0.328 e. The maximum atomic E-state index is 12.2. The van der Waals surface area contributed by atoms with E-state index >= 15 is 0 Å². The fourth-order valence-corrected chi connectivity index (χ4v) is 4.55. The Balaban J connectivity index is 1.30. The minimum Gasteiger partial charge on any atom is -0.341 e. The second-order valence-corrected chi connectivity index (χ2v) is 8.57. The van der Waals surface area contributed by atoms with Crippen molar-refractivity contribution in [1.82, 2.24) is 30.2 Å². The monoisotopic (exact) mass is 476 g/mol. The molecule has 3 aromatic carbocycles. The first-order chi connectivity index (χ1) is 17.5. The van der Waals surface area contributed by atoms with Gasteiger partial charge in [0.25, 0.3) is 11.8 Å². The normalized spacial score (nSPS) is 13.8. The molecule has 4 amide bonds. The first kappa shape index (κ1) is 21.5. The summed E-state index contributed by atoms with van der Waals surface area (Å²) in [6.07, 6.45) is 5.27. The fourth-order valence-electron chi connectivity index (χ4n) is 4.55. The van der Waals surface area contributed by atoms with Crippen molar-refractivity contribution in [3.63, 3.8) is 0 Å². The van der Waals surface area contributed by atoms with Gasteiger partial charge >= 0.3 is 6.03 Å². The zero-order valence-electron chi connectivity index (χ0n) is 19.0. The maximum absolute atomic E-state index is 12.2. The van der Waals surface area contributed by atoms with Crippen molar-refractivity contribution in [1.29, 1.82) is 0 Å². The lowest BCUT2D eigenvalue weighted by atomic mass is 10.0. The third-order valence-electron chi connectivity index (χ3n) is 6.19. The Bertz CT molecular complexity index is 1680. The van der Waals surface area contributed by atoms with Crippen molar-refractivity contribution in [2.45, 2.75) is 13.1 Å². The van der Waals surface area contributed by atoms with Crippen LogP contribution in [0.2, 0.25) is 0 Å². The molecule has 36 heavy (non-hydrogen) atoms. The molecule has 6 rings (SSSR count). The van der Waals surface area contributed by atoms with Gasteiger partial charge in [-0.05, 0) is 28.5 Å². The van der Waals surface area contributed by atoms with E-state index in [1.807, 2.05) is 64.1 Å². The van der Waals surface area contributed by atoms with Crippen LogP contribution in [0.5, 0.6) is 0 Å². The zero-order chi connectivity index (χ0) is 24.6. The molecule has 1 aliphatic heterocycles. The average molecular weight is 476 g/mol. The average Bonchev–Trinajstić information content (AvgIpc) is 3.46. The lowest BCUT2D eigenvalue weighted by Crippen LogP contribution is -2.51. The van der Waals surface area contributed by atoms with E-state index in [2.05, 4.69) is 45.2 Å². The Kier molecular flexibility index (Phi) is 5.15. The number of urea groups is 1. The molecular weight excluding hydrogens is 456 g/mol. The van der Waals surface area contributed by atoms with Crippen molar-refractivity contribution < 1.29 is 14.4 Å². The van der Waals surface area contributed by atoms with Gasteiger partial charge in [0, 0.05) is 22.7 Å². The number of aromatic nitrogens is 4. The number of imide groups is 2. The number of nitrogens with one attached hydrogen (secondary N) is 2. The molecule has 0 saturated carbocycles. The second kappa shape index (κ2) is 8.62. The summed E-state index contributed by atoms with van der Waals surface area (Å²) < 4.78 is 3.82. The van der Waals surface area contributed by atoms with Crippen molar-refractivity contribution >= 4 is 45.6 Å². The lowest BCUT2D eigenvalue weighted by molar-refractivity contribution is -0.123. The molecular formula is C27H20N6O3. The summed E-state index contributed by atoms with van der Waals surface area (Å²) in [4.78, 5) is 35.8. The predicted octanol–water partition coefficient (Wildman–Crippen LogP) is 3.23. The highest BCUT2D eigenvalue weighted by molar-refractivity contribution is 6.31. The van der Waals surface area contributed by atoms with Gasteiger partial charge in [0.2, 0.25) is 0 Å². The summed E-state index contributed by atoms with van der Waals surface area (Å²) in [5, 5.41) is 16.1. The topological polar surface area (TPSA) is 111 Å². The molecule has 176 valence electrons. The number of hydrogen-bond donors (Lipinski definition) is 2. The number of hydrogen-bond acceptors (Lipinski definition) is 5. The molecule has 1 aliphatic rings. The van der Waals surface area contributed by atoms with Crippen LogP contribution in [-0.4, -0.2) is 37.4 Å². The van der Waals surface area contributed by atoms with Gasteiger partial charge in [-0.3, -0.25) is 20.2 Å². The SMILES string of the molecule is O=C1NC(=O)C(=Cc2cn(Cc3cn(Cc4cccc5ccccc45)nn3)c3ccccc23)C(=O)N1. The van der Waals surface area contributed by atoms with Gasteiger partial charge in [-0.2, -0.15) is 0 Å². The van der Waals surface area contributed by atoms with Gasteiger partial charge in [0.05, 0.1) is 19.3 Å². The molecule has 5 aromatic rings. The Morgan fingerprint density at radius 1 is 0.778 bits per heavy atom. The third-order valence-corrected chi connectivity index (χ3v) is 6.19. The van der Waals surface area contributed by atoms with E-state index in [1.165, 1.54) is 16.8 Å². The lowest BCUT2D eigenvalue weighted by Gasteiger charge is -2.13. The first-order valence-electron chi connectivity index (χ1n) is 11.4. The van der Waals surface area contributed by atoms with E-state index in [4.69, 9.17) is 0 Å². The standard InChI is InChI=1S/C27H20N6O3/c34-25-23(26(35)29-27(36)28-25)12-19-13-32(24-11-4-3-10-22(19)24)15-20-16-33(31-30-20)14-18-8-5-7-17-6-1-2-9-21(17)18/h1-13,16H,14-15H2,(H2,28,29,34,35,36). The molecule has 0 unspecified atom stereocenters. The van der Waals surface area contributed by atoms with Gasteiger partial charge in [0.15, 0.2) is 0 Å². The van der Waals surface area contributed by atoms with Crippen LogP contribution in [0.4, 0.5) is 4.79 Å². The van der Waals surface area contributed by atoms with Crippen LogP contribution in [0.1, 0.15) is 16.8 Å². The number of fused-ring (bicyclic) bond motifs is 2. The number of benzene rings is 3. The van der Waals surface area contributed by atoms with Crippen LogP contribution >= 0.6 is 0 Å². The molecule has 0 atom stereocenters. The van der Waals surface area contributed by atoms with Crippen LogP contribution in [0.3, 0.4) is 0 Å². The number of para-hydroxylation sites is 1. The van der Waals surface area contributed by atoms with Crippen LogP contribution in [0, 0.1) is 0 Å². The molecule has 1 fully saturated rings. The van der Waals surface area contributed by atoms with E-state index in [0.29, 0.717) is 18.7 Å². The molecule has 0 spiro atoms. The van der Waals surface area contributed by atoms with E-state index in [-0.39, 0.29) is 5.57 Å². The summed E-state index contributed by atoms with van der Waals surface area (Å²) in [6.45, 7) is 1.05. The Morgan fingerprint density at radius 2 is 1.50 bits per heavy atom. The number of rotatable bonds is 5. The number of carbonyl (C=O) groups excluding carboxylic acids is 3. The molecule has 0 radical (unpaired) electrons. The number of amides is 4. The minimum atomic E-state index is -0.823. The van der Waals surface area contributed by atoms with E-state index < -0.39 is 17.8 Å². The number of carbonyl (C=O) groups is 3. The molecule has 1 saturated heterocycles. The van der Waals surface area contributed by atoms with E-state index in [1.54, 1.807) is 0 Å². The molecule has 9 nitrogen and oxygen atoms in total. The summed E-state index contributed by atoms with van der Waals surface area (Å²) >= 11 is 0. The minimum absolute atomic E-state index is 0.126. The molecule has 9 heteroatoms. The van der Waals surface area contributed by atoms with Crippen LogP contribution in [0.25, 0.3) is 27.8 Å². The fraction of sp³-hybridized carbons (Fsp3) is 0.0741. The predicted molar refractivity (Wildman–Crippen MR) is 134 cm³/mol. The molecule has 2 aromatic heterocycles. The smallest absolute Gasteiger partial charge is 0.328 e. The molecule has 0 bridgehead atoms. The molecule has 2 N–H and O–H groups in total. The highest BCUT2D eigenvalue weighted by Gasteiger charge is 2.28. The Hall–Kier alpha value is -5.05. The third kappa shape index (κ3) is 3.92. The number of barbiturate groups is 1. The first-order valence-corrected chi connectivity index (χ1v) is 11.4. The zero-order valence-corrected chi connectivity index (χ0v) is 19.0. The molecule has 0 aliphatic carbocycles. The van der Waals surface area contributed by atoms with Crippen molar-refractivity contribution in [2.24, 2.45) is 0 Å². The quantitative estimate of drug-likeness (QED) is 0.299. The van der Waals surface area contributed by atoms with Gasteiger partial charge in [-0.1, -0.05) is 65.9 Å². The van der Waals surface area contributed by atoms with Gasteiger partial charge in [0.1, 0.15) is 11.3 Å². The van der Waals surface area contributed by atoms with Gasteiger partial charge < -0.3 is 4.57 Å². The summed E-state index contributed by atoms with van der Waals surface area (Å²) in [6, 6.07) is 21.3. The van der Waals surface area contributed by atoms with Crippen molar-refractivity contribution in [3.05, 3.63) is 102 Å². The summed E-state index contributed by atoms with van der Waals surface area (Å²) in [7, 11) is 0. The summed E-state index contributed by atoms with van der Waals surface area (Å²) in [5.74, 6) is -1.45. The Morgan fingerprint density at radius 3 is 2.33 bits per heavy atom. The largest absolute Gasteiger partial charge is 0.341 e.